The third kappa shape index (κ3) is 2.85. The van der Waals surface area contributed by atoms with Gasteiger partial charge in [0.2, 0.25) is 0 Å². The summed E-state index contributed by atoms with van der Waals surface area (Å²) < 4.78 is 27.4. The number of halogens is 3. The molecule has 0 radical (unpaired) electrons. The second kappa shape index (κ2) is 5.44. The molecule has 0 spiro atoms. The molecule has 0 aliphatic heterocycles. The van der Waals surface area contributed by atoms with E-state index in [2.05, 4.69) is 26.2 Å². The fourth-order valence-corrected chi connectivity index (χ4v) is 1.88. The summed E-state index contributed by atoms with van der Waals surface area (Å²) in [5.74, 6) is -1.65. The van der Waals surface area contributed by atoms with E-state index in [0.29, 0.717) is 0 Å². The van der Waals surface area contributed by atoms with Gasteiger partial charge in [0, 0.05) is 5.56 Å². The van der Waals surface area contributed by atoms with Gasteiger partial charge >= 0.3 is 0 Å². The molecule has 0 fully saturated rings. The van der Waals surface area contributed by atoms with Crippen molar-refractivity contribution < 1.29 is 8.78 Å². The Kier molecular flexibility index (Phi) is 3.91. The smallest absolute Gasteiger partial charge is 0.164 e. The quantitative estimate of drug-likeness (QED) is 0.855. The number of rotatable bonds is 3. The van der Waals surface area contributed by atoms with Crippen LogP contribution >= 0.6 is 15.9 Å². The second-order valence-electron chi connectivity index (χ2n) is 3.88. The zero-order valence-corrected chi connectivity index (χ0v) is 11.2. The minimum atomic E-state index is -0.838. The first-order chi connectivity index (χ1) is 8.58. The summed E-state index contributed by atoms with van der Waals surface area (Å²) in [7, 11) is 0. The van der Waals surface area contributed by atoms with Gasteiger partial charge in [0.05, 0.1) is 17.9 Å². The number of anilines is 1. The number of nitrogens with zero attached hydrogens (tertiary/aromatic N) is 1. The van der Waals surface area contributed by atoms with Gasteiger partial charge < -0.3 is 5.32 Å². The molecule has 5 heteroatoms. The number of aromatic nitrogens is 1. The van der Waals surface area contributed by atoms with Gasteiger partial charge in [-0.15, -0.1) is 0 Å². The summed E-state index contributed by atoms with van der Waals surface area (Å²) >= 11 is 3.23. The van der Waals surface area contributed by atoms with Gasteiger partial charge in [-0.3, -0.25) is 0 Å². The fraction of sp³-hybridized carbons (Fsp3) is 0.154. The minimum absolute atomic E-state index is 0.290. The van der Waals surface area contributed by atoms with E-state index in [4.69, 9.17) is 0 Å². The van der Waals surface area contributed by atoms with E-state index in [-0.39, 0.29) is 11.6 Å². The van der Waals surface area contributed by atoms with Crippen LogP contribution in [0.5, 0.6) is 0 Å². The topological polar surface area (TPSA) is 24.9 Å². The predicted molar refractivity (Wildman–Crippen MR) is 70.3 cm³/mol. The normalized spacial score (nSPS) is 12.2. The molecular weight excluding hydrogens is 302 g/mol. The molecule has 2 rings (SSSR count). The molecule has 2 aromatic rings. The van der Waals surface area contributed by atoms with Crippen molar-refractivity contribution in [3.05, 3.63) is 58.3 Å². The number of hydrogen-bond donors (Lipinski definition) is 1. The van der Waals surface area contributed by atoms with E-state index < -0.39 is 11.6 Å². The molecule has 94 valence electrons. The first-order valence-corrected chi connectivity index (χ1v) is 6.19. The molecule has 18 heavy (non-hydrogen) atoms. The van der Waals surface area contributed by atoms with Crippen molar-refractivity contribution >= 4 is 21.6 Å². The Morgan fingerprint density at radius 3 is 2.67 bits per heavy atom. The molecule has 0 aliphatic carbocycles. The van der Waals surface area contributed by atoms with Crippen molar-refractivity contribution in [3.63, 3.8) is 0 Å². The van der Waals surface area contributed by atoms with E-state index in [1.54, 1.807) is 25.3 Å². The molecule has 1 aromatic heterocycles. The number of nitrogens with one attached hydrogen (secondary N) is 1. The van der Waals surface area contributed by atoms with Crippen LogP contribution in [0, 0.1) is 11.6 Å². The first kappa shape index (κ1) is 13.0. The van der Waals surface area contributed by atoms with Crippen molar-refractivity contribution in [2.45, 2.75) is 13.0 Å². The number of benzene rings is 1. The Morgan fingerprint density at radius 1 is 1.22 bits per heavy atom. The molecule has 0 amide bonds. The summed E-state index contributed by atoms with van der Waals surface area (Å²) in [6, 6.07) is 7.39. The highest BCUT2D eigenvalue weighted by Crippen LogP contribution is 2.23. The van der Waals surface area contributed by atoms with Crippen LogP contribution in [0.15, 0.2) is 41.1 Å². The van der Waals surface area contributed by atoms with Crippen LogP contribution < -0.4 is 5.32 Å². The monoisotopic (exact) mass is 312 g/mol. The summed E-state index contributed by atoms with van der Waals surface area (Å²) in [5.41, 5.74) is 1.03. The highest BCUT2D eigenvalue weighted by Gasteiger charge is 2.13. The van der Waals surface area contributed by atoms with Crippen molar-refractivity contribution in [1.82, 2.24) is 4.98 Å². The highest BCUT2D eigenvalue weighted by atomic mass is 79.9. The van der Waals surface area contributed by atoms with E-state index in [0.717, 1.165) is 16.4 Å². The Bertz CT molecular complexity index is 543. The molecule has 1 heterocycles. The van der Waals surface area contributed by atoms with Gasteiger partial charge in [0.15, 0.2) is 11.6 Å². The van der Waals surface area contributed by atoms with Gasteiger partial charge in [-0.05, 0) is 41.1 Å². The maximum Gasteiger partial charge on any atom is 0.164 e. The molecule has 1 aromatic carbocycles. The van der Waals surface area contributed by atoms with Crippen LogP contribution in [0.4, 0.5) is 14.5 Å². The van der Waals surface area contributed by atoms with Gasteiger partial charge in [-0.2, -0.15) is 0 Å². The molecule has 2 nitrogen and oxygen atoms in total. The second-order valence-corrected chi connectivity index (χ2v) is 4.69. The third-order valence-electron chi connectivity index (χ3n) is 2.56. The Balaban J connectivity index is 2.19. The summed E-state index contributed by atoms with van der Waals surface area (Å²) in [5, 5.41) is 3.06. The zero-order valence-electron chi connectivity index (χ0n) is 9.62. The molecule has 1 unspecified atom stereocenters. The molecular formula is C13H11BrF2N2. The number of hydrogen-bond acceptors (Lipinski definition) is 2. The van der Waals surface area contributed by atoms with Crippen LogP contribution in [0.1, 0.15) is 18.5 Å². The SMILES string of the molecule is CC(Nc1ccc(Br)nc1)c1cccc(F)c1F. The van der Waals surface area contributed by atoms with E-state index in [1.807, 2.05) is 6.07 Å². The molecule has 0 bridgehead atoms. The third-order valence-corrected chi connectivity index (χ3v) is 3.03. The summed E-state index contributed by atoms with van der Waals surface area (Å²) in [4.78, 5) is 4.05. The maximum atomic E-state index is 13.6. The van der Waals surface area contributed by atoms with Crippen LogP contribution in [-0.4, -0.2) is 4.98 Å². The lowest BCUT2D eigenvalue weighted by Crippen LogP contribution is -2.09. The summed E-state index contributed by atoms with van der Waals surface area (Å²) in [6.45, 7) is 1.76. The van der Waals surface area contributed by atoms with Crippen LogP contribution in [0.3, 0.4) is 0 Å². The van der Waals surface area contributed by atoms with E-state index >= 15 is 0 Å². The highest BCUT2D eigenvalue weighted by molar-refractivity contribution is 9.10. The Hall–Kier alpha value is -1.49. The summed E-state index contributed by atoms with van der Waals surface area (Å²) in [6.07, 6.45) is 1.62. The lowest BCUT2D eigenvalue weighted by Gasteiger charge is -2.16. The maximum absolute atomic E-state index is 13.6. The van der Waals surface area contributed by atoms with Crippen molar-refractivity contribution in [2.24, 2.45) is 0 Å². The first-order valence-electron chi connectivity index (χ1n) is 5.40. The lowest BCUT2D eigenvalue weighted by molar-refractivity contribution is 0.494. The largest absolute Gasteiger partial charge is 0.377 e. The van der Waals surface area contributed by atoms with Gasteiger partial charge in [-0.1, -0.05) is 12.1 Å². The molecule has 0 saturated heterocycles. The average molecular weight is 313 g/mol. The van der Waals surface area contributed by atoms with E-state index in [9.17, 15) is 8.78 Å². The zero-order chi connectivity index (χ0) is 13.1. The average Bonchev–Trinajstić information content (AvgIpc) is 2.35. The van der Waals surface area contributed by atoms with Gasteiger partial charge in [-0.25, -0.2) is 13.8 Å². The van der Waals surface area contributed by atoms with Crippen LogP contribution in [0.25, 0.3) is 0 Å². The molecule has 0 aliphatic rings. The molecule has 0 saturated carbocycles. The predicted octanol–water partition coefficient (Wildman–Crippen LogP) is 4.30. The van der Waals surface area contributed by atoms with Crippen molar-refractivity contribution in [2.75, 3.05) is 5.32 Å². The van der Waals surface area contributed by atoms with Crippen LogP contribution in [-0.2, 0) is 0 Å². The van der Waals surface area contributed by atoms with Gasteiger partial charge in [0.25, 0.3) is 0 Å². The Labute approximate surface area is 112 Å². The van der Waals surface area contributed by atoms with Gasteiger partial charge in [0.1, 0.15) is 4.60 Å². The lowest BCUT2D eigenvalue weighted by atomic mass is 10.1. The van der Waals surface area contributed by atoms with Crippen molar-refractivity contribution in [1.29, 1.82) is 0 Å². The molecule has 1 N–H and O–H groups in total. The van der Waals surface area contributed by atoms with E-state index in [1.165, 1.54) is 6.07 Å². The number of pyridine rings is 1. The fourth-order valence-electron chi connectivity index (χ4n) is 1.64. The van der Waals surface area contributed by atoms with Crippen LogP contribution in [0.2, 0.25) is 0 Å². The molecule has 1 atom stereocenters. The Morgan fingerprint density at radius 2 is 2.00 bits per heavy atom. The minimum Gasteiger partial charge on any atom is -0.377 e. The standard InChI is InChI=1S/C13H11BrF2N2/c1-8(10-3-2-4-11(15)13(10)16)18-9-5-6-12(14)17-7-9/h2-8,18H,1H3. The van der Waals surface area contributed by atoms with Crippen molar-refractivity contribution in [3.8, 4) is 0 Å².